The Morgan fingerprint density at radius 2 is 2.38 bits per heavy atom. The summed E-state index contributed by atoms with van der Waals surface area (Å²) in [4.78, 5) is 4.58. The van der Waals surface area contributed by atoms with Crippen LogP contribution >= 0.6 is 15.9 Å². The van der Waals surface area contributed by atoms with Crippen molar-refractivity contribution in [1.82, 2.24) is 4.98 Å². The maximum atomic E-state index is 4.58. The molecule has 13 heavy (non-hydrogen) atoms. The van der Waals surface area contributed by atoms with Crippen LogP contribution in [0.2, 0.25) is 0 Å². The highest BCUT2D eigenvalue weighted by Gasteiger charge is 2.19. The molecule has 0 saturated heterocycles. The van der Waals surface area contributed by atoms with E-state index in [1.807, 2.05) is 0 Å². The Bertz CT molecular complexity index is 309. The van der Waals surface area contributed by atoms with E-state index in [9.17, 15) is 0 Å². The van der Waals surface area contributed by atoms with E-state index in [1.54, 1.807) is 0 Å². The second-order valence-corrected chi connectivity index (χ2v) is 4.49. The van der Waals surface area contributed by atoms with Gasteiger partial charge in [-0.05, 0) is 53.2 Å². The third-order valence-corrected chi connectivity index (χ3v) is 3.30. The van der Waals surface area contributed by atoms with Crippen LogP contribution in [0.15, 0.2) is 16.7 Å². The number of hydrogen-bond acceptors (Lipinski definition) is 1. The molecule has 1 aromatic heterocycles. The first-order valence-corrected chi connectivity index (χ1v) is 5.76. The van der Waals surface area contributed by atoms with Crippen LogP contribution in [0.3, 0.4) is 0 Å². The Balaban J connectivity index is 2.41. The molecular formula is C11H14BrN. The first kappa shape index (κ1) is 9.20. The van der Waals surface area contributed by atoms with Crippen LogP contribution in [0.4, 0.5) is 0 Å². The van der Waals surface area contributed by atoms with Gasteiger partial charge in [-0.2, -0.15) is 0 Å². The molecule has 0 bridgehead atoms. The van der Waals surface area contributed by atoms with Crippen molar-refractivity contribution < 1.29 is 0 Å². The summed E-state index contributed by atoms with van der Waals surface area (Å²) < 4.78 is 0.978. The molecule has 2 rings (SSSR count). The maximum Gasteiger partial charge on any atom is 0.106 e. The van der Waals surface area contributed by atoms with Crippen LogP contribution < -0.4 is 0 Å². The molecule has 1 aromatic rings. The Morgan fingerprint density at radius 1 is 1.54 bits per heavy atom. The summed E-state index contributed by atoms with van der Waals surface area (Å²) in [6.07, 6.45) is 5.07. The number of rotatable bonds is 1. The van der Waals surface area contributed by atoms with E-state index >= 15 is 0 Å². The number of aryl methyl sites for hydroxylation is 1. The molecule has 0 spiro atoms. The van der Waals surface area contributed by atoms with E-state index < -0.39 is 0 Å². The van der Waals surface area contributed by atoms with Gasteiger partial charge in [0.15, 0.2) is 0 Å². The minimum atomic E-state index is 0.696. The molecule has 1 aliphatic rings. The molecule has 1 atom stereocenters. The van der Waals surface area contributed by atoms with Gasteiger partial charge in [-0.1, -0.05) is 13.0 Å². The van der Waals surface area contributed by atoms with Gasteiger partial charge in [0, 0.05) is 11.6 Å². The minimum absolute atomic E-state index is 0.696. The highest BCUT2D eigenvalue weighted by molar-refractivity contribution is 9.10. The molecule has 0 radical (unpaired) electrons. The zero-order valence-corrected chi connectivity index (χ0v) is 9.47. The summed E-state index contributed by atoms with van der Waals surface area (Å²) in [5, 5.41) is 0. The predicted octanol–water partition coefficient (Wildman–Crippen LogP) is 3.67. The average Bonchev–Trinajstić information content (AvgIpc) is 2.17. The minimum Gasteiger partial charge on any atom is -0.245 e. The molecule has 0 saturated carbocycles. The molecule has 0 N–H and O–H groups in total. The van der Waals surface area contributed by atoms with Crippen molar-refractivity contribution >= 4 is 15.9 Å². The Kier molecular flexibility index (Phi) is 2.68. The van der Waals surface area contributed by atoms with Crippen molar-refractivity contribution in [2.45, 2.75) is 38.5 Å². The second-order valence-electron chi connectivity index (χ2n) is 3.68. The molecule has 2 heteroatoms. The van der Waals surface area contributed by atoms with E-state index in [-0.39, 0.29) is 0 Å². The quantitative estimate of drug-likeness (QED) is 0.682. The van der Waals surface area contributed by atoms with Gasteiger partial charge in [-0.15, -0.1) is 0 Å². The lowest BCUT2D eigenvalue weighted by atomic mass is 9.85. The topological polar surface area (TPSA) is 12.9 Å². The molecule has 0 aromatic carbocycles. The third kappa shape index (κ3) is 1.78. The molecule has 0 fully saturated rings. The first-order valence-electron chi connectivity index (χ1n) is 4.96. The number of nitrogens with zero attached hydrogens (tertiary/aromatic N) is 1. The monoisotopic (exact) mass is 239 g/mol. The van der Waals surface area contributed by atoms with E-state index in [0.29, 0.717) is 5.92 Å². The highest BCUT2D eigenvalue weighted by Crippen LogP contribution is 2.32. The molecule has 1 heterocycles. The van der Waals surface area contributed by atoms with Gasteiger partial charge in [0.2, 0.25) is 0 Å². The third-order valence-electron chi connectivity index (χ3n) is 2.86. The fourth-order valence-electron chi connectivity index (χ4n) is 2.12. The summed E-state index contributed by atoms with van der Waals surface area (Å²) in [5.74, 6) is 0.696. The molecule has 0 amide bonds. The smallest absolute Gasteiger partial charge is 0.106 e. The fourth-order valence-corrected chi connectivity index (χ4v) is 2.44. The van der Waals surface area contributed by atoms with E-state index in [1.165, 1.54) is 36.9 Å². The van der Waals surface area contributed by atoms with Crippen LogP contribution in [0, 0.1) is 0 Å². The van der Waals surface area contributed by atoms with Crippen LogP contribution in [-0.2, 0) is 6.42 Å². The Hall–Kier alpha value is -0.370. The predicted molar refractivity (Wildman–Crippen MR) is 57.9 cm³/mol. The maximum absolute atomic E-state index is 4.58. The molecule has 70 valence electrons. The van der Waals surface area contributed by atoms with Gasteiger partial charge >= 0.3 is 0 Å². The van der Waals surface area contributed by atoms with Crippen molar-refractivity contribution in [3.63, 3.8) is 0 Å². The van der Waals surface area contributed by atoms with Crippen LogP contribution in [-0.4, -0.2) is 4.98 Å². The SMILES string of the molecule is CC[C@H]1CCCc2ccc(Br)nc21. The number of fused-ring (bicyclic) bond motifs is 1. The number of pyridine rings is 1. The average molecular weight is 240 g/mol. The summed E-state index contributed by atoms with van der Waals surface area (Å²) >= 11 is 3.44. The van der Waals surface area contributed by atoms with Crippen molar-refractivity contribution in [2.24, 2.45) is 0 Å². The van der Waals surface area contributed by atoms with E-state index in [2.05, 4.69) is 40.0 Å². The molecule has 1 aliphatic carbocycles. The van der Waals surface area contributed by atoms with Gasteiger partial charge in [-0.25, -0.2) is 4.98 Å². The molecule has 0 unspecified atom stereocenters. The largest absolute Gasteiger partial charge is 0.245 e. The zero-order valence-electron chi connectivity index (χ0n) is 7.89. The molecule has 0 aliphatic heterocycles. The van der Waals surface area contributed by atoms with Gasteiger partial charge in [0.05, 0.1) is 0 Å². The van der Waals surface area contributed by atoms with Crippen molar-refractivity contribution in [3.8, 4) is 0 Å². The fraction of sp³-hybridized carbons (Fsp3) is 0.545. The Morgan fingerprint density at radius 3 is 3.15 bits per heavy atom. The van der Waals surface area contributed by atoms with Crippen molar-refractivity contribution in [1.29, 1.82) is 0 Å². The van der Waals surface area contributed by atoms with Gasteiger partial charge in [-0.3, -0.25) is 0 Å². The standard InChI is InChI=1S/C11H14BrN/c1-2-8-4-3-5-9-6-7-10(12)13-11(8)9/h6-8H,2-5H2,1H3/t8-/m0/s1. The zero-order chi connectivity index (χ0) is 9.26. The first-order chi connectivity index (χ1) is 6.31. The highest BCUT2D eigenvalue weighted by atomic mass is 79.9. The summed E-state index contributed by atoms with van der Waals surface area (Å²) in [5.41, 5.74) is 2.80. The van der Waals surface area contributed by atoms with Gasteiger partial charge < -0.3 is 0 Å². The lowest BCUT2D eigenvalue weighted by Gasteiger charge is -2.23. The number of hydrogen-bond donors (Lipinski definition) is 0. The van der Waals surface area contributed by atoms with E-state index in [4.69, 9.17) is 0 Å². The number of halogens is 1. The summed E-state index contributed by atoms with van der Waals surface area (Å²) in [7, 11) is 0. The van der Waals surface area contributed by atoms with Crippen LogP contribution in [0.1, 0.15) is 43.4 Å². The lowest BCUT2D eigenvalue weighted by Crippen LogP contribution is -2.11. The summed E-state index contributed by atoms with van der Waals surface area (Å²) in [6, 6.07) is 4.27. The normalized spacial score (nSPS) is 21.2. The van der Waals surface area contributed by atoms with Crippen molar-refractivity contribution in [3.05, 3.63) is 28.0 Å². The second kappa shape index (κ2) is 3.79. The van der Waals surface area contributed by atoms with Crippen LogP contribution in [0.25, 0.3) is 0 Å². The molecule has 1 nitrogen and oxygen atoms in total. The molecular weight excluding hydrogens is 226 g/mol. The summed E-state index contributed by atoms with van der Waals surface area (Å²) in [6.45, 7) is 2.25. The van der Waals surface area contributed by atoms with Crippen LogP contribution in [0.5, 0.6) is 0 Å². The van der Waals surface area contributed by atoms with Gasteiger partial charge in [0.25, 0.3) is 0 Å². The Labute approximate surface area is 87.7 Å². The lowest BCUT2D eigenvalue weighted by molar-refractivity contribution is 0.524. The number of aromatic nitrogens is 1. The van der Waals surface area contributed by atoms with Crippen molar-refractivity contribution in [2.75, 3.05) is 0 Å². The van der Waals surface area contributed by atoms with E-state index in [0.717, 1.165) is 4.60 Å². The van der Waals surface area contributed by atoms with Gasteiger partial charge in [0.1, 0.15) is 4.60 Å².